The highest BCUT2D eigenvalue weighted by atomic mass is 35.5. The van der Waals surface area contributed by atoms with Gasteiger partial charge in [-0.1, -0.05) is 23.7 Å². The number of halogens is 1. The molecule has 0 bridgehead atoms. The van der Waals surface area contributed by atoms with E-state index in [4.69, 9.17) is 11.6 Å². The minimum Gasteiger partial charge on any atom is -0.347 e. The van der Waals surface area contributed by atoms with Gasteiger partial charge in [-0.15, -0.1) is 0 Å². The van der Waals surface area contributed by atoms with Crippen LogP contribution in [0.2, 0.25) is 5.02 Å². The van der Waals surface area contributed by atoms with Gasteiger partial charge < -0.3 is 10.2 Å². The van der Waals surface area contributed by atoms with Gasteiger partial charge in [0.15, 0.2) is 0 Å². The van der Waals surface area contributed by atoms with Crippen molar-refractivity contribution < 1.29 is 9.59 Å². The Hall–Kier alpha value is -1.59. The van der Waals surface area contributed by atoms with E-state index >= 15 is 0 Å². The van der Waals surface area contributed by atoms with Crippen LogP contribution in [0.25, 0.3) is 0 Å². The summed E-state index contributed by atoms with van der Waals surface area (Å²) in [6.45, 7) is 0.968. The number of carbonyl (C=O) groups is 2. The maximum absolute atomic E-state index is 12.1. The standard InChI is InChI=1S/C15H20ClN3O2/c1-18(2)15(21)13-8-5-9-19(13)10-14(20)17-12-7-4-3-6-11(12)16/h3-4,6-7,13H,5,8-10H2,1-2H3,(H,17,20). The summed E-state index contributed by atoms with van der Waals surface area (Å²) >= 11 is 6.02. The second-order valence-corrected chi connectivity index (χ2v) is 5.80. The summed E-state index contributed by atoms with van der Waals surface area (Å²) in [6, 6.07) is 6.91. The summed E-state index contributed by atoms with van der Waals surface area (Å²) < 4.78 is 0. The number of anilines is 1. The lowest BCUT2D eigenvalue weighted by Crippen LogP contribution is -2.45. The molecule has 1 atom stereocenters. The van der Waals surface area contributed by atoms with Gasteiger partial charge in [-0.25, -0.2) is 0 Å². The van der Waals surface area contributed by atoms with Crippen molar-refractivity contribution in [1.29, 1.82) is 0 Å². The van der Waals surface area contributed by atoms with Gasteiger partial charge >= 0.3 is 0 Å². The van der Waals surface area contributed by atoms with Crippen molar-refractivity contribution in [2.24, 2.45) is 0 Å². The van der Waals surface area contributed by atoms with Crippen molar-refractivity contribution in [2.75, 3.05) is 32.5 Å². The Morgan fingerprint density at radius 1 is 1.38 bits per heavy atom. The summed E-state index contributed by atoms with van der Waals surface area (Å²) in [5.41, 5.74) is 0.596. The number of hydrogen-bond acceptors (Lipinski definition) is 3. The normalized spacial score (nSPS) is 18.5. The molecule has 1 N–H and O–H groups in total. The van der Waals surface area contributed by atoms with Gasteiger partial charge in [-0.2, -0.15) is 0 Å². The number of amides is 2. The van der Waals surface area contributed by atoms with Crippen molar-refractivity contribution in [3.8, 4) is 0 Å². The number of nitrogens with zero attached hydrogens (tertiary/aromatic N) is 2. The van der Waals surface area contributed by atoms with Gasteiger partial charge in [0.25, 0.3) is 0 Å². The van der Waals surface area contributed by atoms with Crippen molar-refractivity contribution in [3.63, 3.8) is 0 Å². The van der Waals surface area contributed by atoms with Crippen LogP contribution < -0.4 is 5.32 Å². The predicted octanol–water partition coefficient (Wildman–Crippen LogP) is 1.83. The first-order chi connectivity index (χ1) is 9.99. The van der Waals surface area contributed by atoms with Crippen LogP contribution in [-0.2, 0) is 9.59 Å². The lowest BCUT2D eigenvalue weighted by atomic mass is 10.2. The number of likely N-dealkylation sites (N-methyl/N-ethyl adjacent to an activating group) is 1. The lowest BCUT2D eigenvalue weighted by Gasteiger charge is -2.25. The smallest absolute Gasteiger partial charge is 0.239 e. The zero-order valence-corrected chi connectivity index (χ0v) is 13.1. The third-order valence-electron chi connectivity index (χ3n) is 3.58. The van der Waals surface area contributed by atoms with E-state index in [-0.39, 0.29) is 24.4 Å². The zero-order chi connectivity index (χ0) is 15.4. The number of carbonyl (C=O) groups excluding carboxylic acids is 2. The summed E-state index contributed by atoms with van der Waals surface area (Å²) in [4.78, 5) is 27.7. The Morgan fingerprint density at radius 2 is 2.10 bits per heavy atom. The number of para-hydroxylation sites is 1. The molecular formula is C15H20ClN3O2. The van der Waals surface area contributed by atoms with Gasteiger partial charge in [0.2, 0.25) is 11.8 Å². The van der Waals surface area contributed by atoms with Gasteiger partial charge in [0.1, 0.15) is 0 Å². The molecule has 1 fully saturated rings. The topological polar surface area (TPSA) is 52.7 Å². The van der Waals surface area contributed by atoms with E-state index in [0.29, 0.717) is 10.7 Å². The van der Waals surface area contributed by atoms with Gasteiger partial charge in [-0.3, -0.25) is 14.5 Å². The Balaban J connectivity index is 1.96. The highest BCUT2D eigenvalue weighted by Gasteiger charge is 2.32. The average molecular weight is 310 g/mol. The molecule has 0 radical (unpaired) electrons. The van der Waals surface area contributed by atoms with Crippen molar-refractivity contribution >= 4 is 29.1 Å². The minimum atomic E-state index is -0.197. The SMILES string of the molecule is CN(C)C(=O)C1CCCN1CC(=O)Nc1ccccc1Cl. The van der Waals surface area contributed by atoms with E-state index in [1.807, 2.05) is 17.0 Å². The molecule has 1 aromatic rings. The monoisotopic (exact) mass is 309 g/mol. The van der Waals surface area contributed by atoms with E-state index in [1.165, 1.54) is 0 Å². The van der Waals surface area contributed by atoms with Crippen LogP contribution in [0.4, 0.5) is 5.69 Å². The molecule has 0 saturated carbocycles. The largest absolute Gasteiger partial charge is 0.347 e. The molecule has 1 saturated heterocycles. The molecule has 1 heterocycles. The maximum Gasteiger partial charge on any atom is 0.239 e. The fourth-order valence-electron chi connectivity index (χ4n) is 2.53. The molecular weight excluding hydrogens is 290 g/mol. The number of likely N-dealkylation sites (tertiary alicyclic amines) is 1. The van der Waals surface area contributed by atoms with Gasteiger partial charge in [-0.05, 0) is 31.5 Å². The molecule has 5 nitrogen and oxygen atoms in total. The highest BCUT2D eigenvalue weighted by molar-refractivity contribution is 6.33. The Kier molecular flexibility index (Phi) is 5.20. The molecule has 1 aromatic carbocycles. The highest BCUT2D eigenvalue weighted by Crippen LogP contribution is 2.22. The third kappa shape index (κ3) is 3.95. The van der Waals surface area contributed by atoms with E-state index in [9.17, 15) is 9.59 Å². The first-order valence-corrected chi connectivity index (χ1v) is 7.36. The van der Waals surface area contributed by atoms with E-state index < -0.39 is 0 Å². The molecule has 0 aromatic heterocycles. The van der Waals surface area contributed by atoms with Crippen LogP contribution in [0, 0.1) is 0 Å². The van der Waals surface area contributed by atoms with Gasteiger partial charge in [0, 0.05) is 14.1 Å². The summed E-state index contributed by atoms with van der Waals surface area (Å²) in [6.07, 6.45) is 1.74. The van der Waals surface area contributed by atoms with Gasteiger partial charge in [0.05, 0.1) is 23.3 Å². The molecule has 114 valence electrons. The summed E-state index contributed by atoms with van der Waals surface area (Å²) in [5, 5.41) is 3.30. The van der Waals surface area contributed by atoms with Crippen LogP contribution in [-0.4, -0.2) is 54.8 Å². The Bertz CT molecular complexity index is 533. The van der Waals surface area contributed by atoms with Crippen molar-refractivity contribution in [1.82, 2.24) is 9.80 Å². The number of rotatable bonds is 4. The molecule has 1 aliphatic rings. The van der Waals surface area contributed by atoms with Crippen LogP contribution in [0.15, 0.2) is 24.3 Å². The number of nitrogens with one attached hydrogen (secondary N) is 1. The molecule has 6 heteroatoms. The molecule has 2 amide bonds. The maximum atomic E-state index is 12.1. The van der Waals surface area contributed by atoms with E-state index in [1.54, 1.807) is 31.1 Å². The van der Waals surface area contributed by atoms with Crippen molar-refractivity contribution in [3.05, 3.63) is 29.3 Å². The Labute approximate surface area is 129 Å². The first kappa shape index (κ1) is 15.8. The Morgan fingerprint density at radius 3 is 2.76 bits per heavy atom. The molecule has 1 aliphatic heterocycles. The molecule has 2 rings (SSSR count). The first-order valence-electron chi connectivity index (χ1n) is 6.98. The predicted molar refractivity (Wildman–Crippen MR) is 83.4 cm³/mol. The average Bonchev–Trinajstić information content (AvgIpc) is 2.88. The fraction of sp³-hybridized carbons (Fsp3) is 0.467. The van der Waals surface area contributed by atoms with E-state index in [2.05, 4.69) is 5.32 Å². The van der Waals surface area contributed by atoms with Crippen LogP contribution >= 0.6 is 11.6 Å². The molecule has 0 aliphatic carbocycles. The second kappa shape index (κ2) is 6.91. The van der Waals surface area contributed by atoms with Crippen LogP contribution in [0.3, 0.4) is 0 Å². The third-order valence-corrected chi connectivity index (χ3v) is 3.91. The molecule has 1 unspecified atom stereocenters. The van der Waals surface area contributed by atoms with Crippen molar-refractivity contribution in [2.45, 2.75) is 18.9 Å². The molecule has 0 spiro atoms. The fourth-order valence-corrected chi connectivity index (χ4v) is 2.71. The summed E-state index contributed by atoms with van der Waals surface area (Å²) in [7, 11) is 3.48. The van der Waals surface area contributed by atoms with E-state index in [0.717, 1.165) is 19.4 Å². The number of benzene rings is 1. The lowest BCUT2D eigenvalue weighted by molar-refractivity contribution is -0.133. The van der Waals surface area contributed by atoms with Crippen LogP contribution in [0.1, 0.15) is 12.8 Å². The summed E-state index contributed by atoms with van der Waals surface area (Å²) in [5.74, 6) is -0.0976. The minimum absolute atomic E-state index is 0.0537. The molecule has 21 heavy (non-hydrogen) atoms. The second-order valence-electron chi connectivity index (χ2n) is 5.39. The van der Waals surface area contributed by atoms with Crippen LogP contribution in [0.5, 0.6) is 0 Å². The number of hydrogen-bond donors (Lipinski definition) is 1. The quantitative estimate of drug-likeness (QED) is 0.923. The zero-order valence-electron chi connectivity index (χ0n) is 12.3.